The third-order valence-corrected chi connectivity index (χ3v) is 12.4. The maximum Gasteiger partial charge on any atom is 0.504 e. The standard InChI is InChI=1S/C22H48O3Si.C7H18O3Si/c1-6-11-13-15-16-17-19-21-22(20-18-14-12-7-2)26(23-8-3,24-9-4)25-10-5;1-5-8-11(4,9-6-2)10-7-3/h22H,6-21H2,1-5H3;5-7H2,1-4H3. The van der Waals surface area contributed by atoms with E-state index in [1.807, 2.05) is 27.3 Å². The van der Waals surface area contributed by atoms with Crippen LogP contribution in [0.3, 0.4) is 0 Å². The molecular formula is C29H66O6Si2. The summed E-state index contributed by atoms with van der Waals surface area (Å²) in [6.07, 6.45) is 17.1. The van der Waals surface area contributed by atoms with Gasteiger partial charge in [-0.1, -0.05) is 84.5 Å². The van der Waals surface area contributed by atoms with Crippen molar-refractivity contribution < 1.29 is 26.6 Å². The molecule has 0 N–H and O–H groups in total. The lowest BCUT2D eigenvalue weighted by Gasteiger charge is -2.35. The van der Waals surface area contributed by atoms with Gasteiger partial charge in [-0.25, -0.2) is 0 Å². The normalized spacial score (nSPS) is 12.9. The second-order valence-corrected chi connectivity index (χ2v) is 15.0. The number of hydrogen-bond donors (Lipinski definition) is 0. The number of hydrogen-bond acceptors (Lipinski definition) is 6. The van der Waals surface area contributed by atoms with Crippen molar-refractivity contribution in [2.75, 3.05) is 39.6 Å². The summed E-state index contributed by atoms with van der Waals surface area (Å²) < 4.78 is 34.9. The molecule has 0 aromatic carbocycles. The molecule has 0 radical (unpaired) electrons. The summed E-state index contributed by atoms with van der Waals surface area (Å²) in [6, 6.07) is 0. The summed E-state index contributed by atoms with van der Waals surface area (Å²) in [5.74, 6) is 0. The summed E-state index contributed by atoms with van der Waals surface area (Å²) in [6.45, 7) is 22.6. The predicted octanol–water partition coefficient (Wildman–Crippen LogP) is 9.18. The van der Waals surface area contributed by atoms with Crippen molar-refractivity contribution in [1.82, 2.24) is 0 Å². The van der Waals surface area contributed by atoms with Crippen molar-refractivity contribution in [3.05, 3.63) is 0 Å². The Morgan fingerprint density at radius 3 is 1.03 bits per heavy atom. The van der Waals surface area contributed by atoms with Gasteiger partial charge in [0.2, 0.25) is 0 Å². The Balaban J connectivity index is 0. The van der Waals surface area contributed by atoms with E-state index < -0.39 is 17.6 Å². The first-order chi connectivity index (χ1) is 17.9. The molecule has 0 bridgehead atoms. The van der Waals surface area contributed by atoms with Crippen LogP contribution >= 0.6 is 0 Å². The lowest BCUT2D eigenvalue weighted by molar-refractivity contribution is 0.0579. The van der Waals surface area contributed by atoms with Gasteiger partial charge >= 0.3 is 17.6 Å². The van der Waals surface area contributed by atoms with Crippen LogP contribution in [0.4, 0.5) is 0 Å². The molecule has 8 heteroatoms. The lowest BCUT2D eigenvalue weighted by Crippen LogP contribution is -2.50. The largest absolute Gasteiger partial charge is 0.504 e. The average molecular weight is 567 g/mol. The van der Waals surface area contributed by atoms with Gasteiger partial charge in [-0.2, -0.15) is 0 Å². The van der Waals surface area contributed by atoms with Crippen LogP contribution in [0.15, 0.2) is 0 Å². The monoisotopic (exact) mass is 566 g/mol. The molecular weight excluding hydrogens is 500 g/mol. The van der Waals surface area contributed by atoms with E-state index in [1.54, 1.807) is 0 Å². The van der Waals surface area contributed by atoms with Crippen LogP contribution in [0, 0.1) is 0 Å². The Kier molecular flexibility index (Phi) is 29.5. The van der Waals surface area contributed by atoms with Crippen molar-refractivity contribution in [1.29, 1.82) is 0 Å². The fourth-order valence-corrected chi connectivity index (χ4v) is 9.76. The molecule has 37 heavy (non-hydrogen) atoms. The second kappa shape index (κ2) is 27.7. The van der Waals surface area contributed by atoms with Crippen molar-refractivity contribution in [3.8, 4) is 0 Å². The molecule has 0 aromatic heterocycles. The van der Waals surface area contributed by atoms with Gasteiger partial charge in [0.15, 0.2) is 0 Å². The summed E-state index contributed by atoms with van der Waals surface area (Å²) in [5, 5.41) is 0. The Morgan fingerprint density at radius 1 is 0.405 bits per heavy atom. The zero-order valence-corrected chi connectivity index (χ0v) is 28.5. The topological polar surface area (TPSA) is 55.4 Å². The molecule has 0 saturated heterocycles. The number of unbranched alkanes of at least 4 members (excludes halogenated alkanes) is 9. The highest BCUT2D eigenvalue weighted by molar-refractivity contribution is 6.62. The second-order valence-electron chi connectivity index (χ2n) is 9.52. The van der Waals surface area contributed by atoms with Gasteiger partial charge in [0, 0.05) is 51.7 Å². The molecule has 0 saturated carbocycles. The highest BCUT2D eigenvalue weighted by atomic mass is 28.4. The van der Waals surface area contributed by atoms with Crippen molar-refractivity contribution in [2.45, 2.75) is 151 Å². The minimum atomic E-state index is -2.57. The highest BCUT2D eigenvalue weighted by Gasteiger charge is 2.48. The van der Waals surface area contributed by atoms with Gasteiger partial charge in [0.05, 0.1) is 0 Å². The molecule has 0 aliphatic heterocycles. The first-order valence-corrected chi connectivity index (χ1v) is 19.7. The van der Waals surface area contributed by atoms with E-state index in [4.69, 9.17) is 26.6 Å². The molecule has 226 valence electrons. The van der Waals surface area contributed by atoms with E-state index in [2.05, 4.69) is 34.6 Å². The minimum Gasteiger partial charge on any atom is -0.374 e. The van der Waals surface area contributed by atoms with Crippen LogP contribution in [0.25, 0.3) is 0 Å². The van der Waals surface area contributed by atoms with Gasteiger partial charge < -0.3 is 26.6 Å². The third-order valence-electron chi connectivity index (χ3n) is 6.32. The summed E-state index contributed by atoms with van der Waals surface area (Å²) in [5.41, 5.74) is 0.467. The zero-order valence-electron chi connectivity index (χ0n) is 26.5. The van der Waals surface area contributed by atoms with Crippen molar-refractivity contribution in [2.24, 2.45) is 0 Å². The van der Waals surface area contributed by atoms with Gasteiger partial charge in [-0.05, 0) is 54.4 Å². The molecule has 6 nitrogen and oxygen atoms in total. The first kappa shape index (κ1) is 39.3. The molecule has 0 fully saturated rings. The quantitative estimate of drug-likeness (QED) is 0.0768. The zero-order chi connectivity index (χ0) is 28.3. The Labute approximate surface area is 234 Å². The van der Waals surface area contributed by atoms with E-state index in [1.165, 1.54) is 83.5 Å². The van der Waals surface area contributed by atoms with Crippen molar-refractivity contribution in [3.63, 3.8) is 0 Å². The van der Waals surface area contributed by atoms with Crippen molar-refractivity contribution >= 4 is 17.6 Å². The summed E-state index contributed by atoms with van der Waals surface area (Å²) in [4.78, 5) is 0. The van der Waals surface area contributed by atoms with Gasteiger partial charge in [0.1, 0.15) is 0 Å². The Hall–Kier alpha value is 0.194. The molecule has 0 heterocycles. The molecule has 1 atom stereocenters. The fourth-order valence-electron chi connectivity index (χ4n) is 4.66. The van der Waals surface area contributed by atoms with Gasteiger partial charge in [-0.3, -0.25) is 0 Å². The molecule has 0 aliphatic rings. The molecule has 0 rings (SSSR count). The summed E-state index contributed by atoms with van der Waals surface area (Å²) >= 11 is 0. The maximum atomic E-state index is 6.23. The molecule has 0 aromatic rings. The molecule has 0 amide bonds. The lowest BCUT2D eigenvalue weighted by atomic mass is 10.0. The van der Waals surface area contributed by atoms with Gasteiger partial charge in [0.25, 0.3) is 0 Å². The van der Waals surface area contributed by atoms with Crippen LogP contribution < -0.4 is 0 Å². The van der Waals surface area contributed by atoms with Crippen LogP contribution in [-0.2, 0) is 26.6 Å². The van der Waals surface area contributed by atoms with E-state index in [0.29, 0.717) is 45.2 Å². The van der Waals surface area contributed by atoms with Gasteiger partial charge in [-0.15, -0.1) is 0 Å². The molecule has 0 aliphatic carbocycles. The smallest absolute Gasteiger partial charge is 0.374 e. The Bertz CT molecular complexity index is 422. The minimum absolute atomic E-state index is 0.467. The fraction of sp³-hybridized carbons (Fsp3) is 1.00. The van der Waals surface area contributed by atoms with E-state index in [9.17, 15) is 0 Å². The van der Waals surface area contributed by atoms with Crippen LogP contribution in [0.1, 0.15) is 139 Å². The van der Waals surface area contributed by atoms with Crippen LogP contribution in [0.5, 0.6) is 0 Å². The SMILES string of the molecule is CCCCCCCCCC(CCCCCC)[Si](OCC)(OCC)OCC.CCO[Si](C)(OCC)OCC. The average Bonchev–Trinajstić information content (AvgIpc) is 2.86. The maximum absolute atomic E-state index is 6.23. The number of rotatable bonds is 26. The summed E-state index contributed by atoms with van der Waals surface area (Å²) in [7, 11) is -4.82. The Morgan fingerprint density at radius 2 is 0.703 bits per heavy atom. The van der Waals surface area contributed by atoms with Crippen LogP contribution in [-0.4, -0.2) is 57.3 Å². The highest BCUT2D eigenvalue weighted by Crippen LogP contribution is 2.36. The van der Waals surface area contributed by atoms with E-state index in [0.717, 1.165) is 0 Å². The van der Waals surface area contributed by atoms with Crippen LogP contribution in [0.2, 0.25) is 12.1 Å². The molecule has 0 spiro atoms. The first-order valence-electron chi connectivity index (χ1n) is 15.7. The van der Waals surface area contributed by atoms with E-state index in [-0.39, 0.29) is 0 Å². The van der Waals surface area contributed by atoms with E-state index >= 15 is 0 Å². The molecule has 1 unspecified atom stereocenters. The third kappa shape index (κ3) is 20.7. The predicted molar refractivity (Wildman–Crippen MR) is 162 cm³/mol.